The van der Waals surface area contributed by atoms with Crippen LogP contribution in [0.1, 0.15) is 29.7 Å². The summed E-state index contributed by atoms with van der Waals surface area (Å²) in [5.74, 6) is -0.334. The summed E-state index contributed by atoms with van der Waals surface area (Å²) in [5.41, 5.74) is 1.92. The first-order valence-electron chi connectivity index (χ1n) is 7.14. The first kappa shape index (κ1) is 14.0. The summed E-state index contributed by atoms with van der Waals surface area (Å²) < 4.78 is 34.0. The van der Waals surface area contributed by atoms with Crippen LogP contribution in [0.5, 0.6) is 5.75 Å². The van der Waals surface area contributed by atoms with Crippen LogP contribution in [0.25, 0.3) is 0 Å². The van der Waals surface area contributed by atoms with Crippen molar-refractivity contribution in [3.8, 4) is 5.75 Å². The minimum Gasteiger partial charge on any atom is -0.493 e. The SMILES string of the molecule is CCNC(c1cccc2c1OCC2)c1c(F)cccc1F. The Morgan fingerprint density at radius 3 is 2.57 bits per heavy atom. The molecule has 4 heteroatoms. The highest BCUT2D eigenvalue weighted by atomic mass is 19.1. The van der Waals surface area contributed by atoms with Gasteiger partial charge in [0.05, 0.1) is 12.6 Å². The van der Waals surface area contributed by atoms with Crippen molar-refractivity contribution in [3.05, 3.63) is 64.7 Å². The maximum Gasteiger partial charge on any atom is 0.131 e. The second-order valence-corrected chi connectivity index (χ2v) is 5.06. The second-order valence-electron chi connectivity index (χ2n) is 5.06. The zero-order chi connectivity index (χ0) is 14.8. The van der Waals surface area contributed by atoms with Crippen molar-refractivity contribution >= 4 is 0 Å². The topological polar surface area (TPSA) is 21.3 Å². The first-order valence-corrected chi connectivity index (χ1v) is 7.14. The lowest BCUT2D eigenvalue weighted by atomic mass is 9.95. The Hall–Kier alpha value is -1.94. The van der Waals surface area contributed by atoms with E-state index in [0.717, 1.165) is 23.3 Å². The van der Waals surface area contributed by atoms with E-state index in [-0.39, 0.29) is 5.56 Å². The average Bonchev–Trinajstić information content (AvgIpc) is 2.94. The molecule has 0 saturated carbocycles. The quantitative estimate of drug-likeness (QED) is 0.928. The van der Waals surface area contributed by atoms with Gasteiger partial charge in [0.25, 0.3) is 0 Å². The Labute approximate surface area is 122 Å². The summed E-state index contributed by atoms with van der Waals surface area (Å²) in [5, 5.41) is 3.17. The highest BCUT2D eigenvalue weighted by molar-refractivity contribution is 5.49. The molecule has 0 spiro atoms. The number of hydrogen-bond acceptors (Lipinski definition) is 2. The second kappa shape index (κ2) is 5.82. The van der Waals surface area contributed by atoms with Crippen LogP contribution in [-0.2, 0) is 6.42 Å². The smallest absolute Gasteiger partial charge is 0.131 e. The molecule has 1 heterocycles. The summed E-state index contributed by atoms with van der Waals surface area (Å²) in [7, 11) is 0. The van der Waals surface area contributed by atoms with E-state index >= 15 is 0 Å². The molecule has 21 heavy (non-hydrogen) atoms. The fraction of sp³-hybridized carbons (Fsp3) is 0.294. The molecule has 2 aromatic carbocycles. The van der Waals surface area contributed by atoms with Crippen molar-refractivity contribution in [2.75, 3.05) is 13.2 Å². The van der Waals surface area contributed by atoms with Crippen molar-refractivity contribution < 1.29 is 13.5 Å². The number of benzene rings is 2. The van der Waals surface area contributed by atoms with Crippen LogP contribution in [0.3, 0.4) is 0 Å². The average molecular weight is 289 g/mol. The predicted molar refractivity (Wildman–Crippen MR) is 77.5 cm³/mol. The summed E-state index contributed by atoms with van der Waals surface area (Å²) in [6, 6.07) is 9.16. The maximum atomic E-state index is 14.1. The highest BCUT2D eigenvalue weighted by Crippen LogP contribution is 2.37. The fourth-order valence-corrected chi connectivity index (χ4v) is 2.83. The van der Waals surface area contributed by atoms with Gasteiger partial charge in [0.1, 0.15) is 17.4 Å². The van der Waals surface area contributed by atoms with Crippen LogP contribution in [0, 0.1) is 11.6 Å². The molecule has 3 rings (SSSR count). The van der Waals surface area contributed by atoms with Gasteiger partial charge in [0, 0.05) is 17.5 Å². The number of fused-ring (bicyclic) bond motifs is 1. The van der Waals surface area contributed by atoms with Gasteiger partial charge in [-0.25, -0.2) is 8.78 Å². The van der Waals surface area contributed by atoms with E-state index in [1.165, 1.54) is 18.2 Å². The lowest BCUT2D eigenvalue weighted by Crippen LogP contribution is -2.24. The first-order chi connectivity index (χ1) is 10.2. The molecule has 0 radical (unpaired) electrons. The van der Waals surface area contributed by atoms with E-state index in [9.17, 15) is 8.78 Å². The molecule has 0 amide bonds. The molecule has 1 unspecified atom stereocenters. The van der Waals surface area contributed by atoms with Crippen LogP contribution >= 0.6 is 0 Å². The van der Waals surface area contributed by atoms with E-state index in [4.69, 9.17) is 4.74 Å². The maximum absolute atomic E-state index is 14.1. The molecular formula is C17H17F2NO. The van der Waals surface area contributed by atoms with Crippen LogP contribution < -0.4 is 10.1 Å². The summed E-state index contributed by atoms with van der Waals surface area (Å²) >= 11 is 0. The highest BCUT2D eigenvalue weighted by Gasteiger charge is 2.26. The molecular weight excluding hydrogens is 272 g/mol. The van der Waals surface area contributed by atoms with Crippen LogP contribution in [0.2, 0.25) is 0 Å². The minimum absolute atomic E-state index is 0.0447. The number of nitrogens with one attached hydrogen (secondary N) is 1. The molecule has 1 N–H and O–H groups in total. The number of hydrogen-bond donors (Lipinski definition) is 1. The van der Waals surface area contributed by atoms with Gasteiger partial charge in [-0.15, -0.1) is 0 Å². The molecule has 1 atom stereocenters. The van der Waals surface area contributed by atoms with Crippen LogP contribution in [0.4, 0.5) is 8.78 Å². The molecule has 2 nitrogen and oxygen atoms in total. The van der Waals surface area contributed by atoms with Gasteiger partial charge in [0.15, 0.2) is 0 Å². The largest absolute Gasteiger partial charge is 0.493 e. The van der Waals surface area contributed by atoms with E-state index in [1.54, 1.807) is 0 Å². The number of ether oxygens (including phenoxy) is 1. The standard InChI is InChI=1S/C17H17F2NO/c1-2-20-16(15-13(18)7-4-8-14(15)19)12-6-3-5-11-9-10-21-17(11)12/h3-8,16,20H,2,9-10H2,1H3. The Morgan fingerprint density at radius 1 is 1.14 bits per heavy atom. The molecule has 0 aromatic heterocycles. The third-order valence-electron chi connectivity index (χ3n) is 3.75. The van der Waals surface area contributed by atoms with E-state index < -0.39 is 17.7 Å². The molecule has 1 aliphatic heterocycles. The molecule has 2 aromatic rings. The molecule has 0 fully saturated rings. The molecule has 0 saturated heterocycles. The molecule has 0 bridgehead atoms. The summed E-state index contributed by atoms with van der Waals surface area (Å²) in [6.45, 7) is 3.13. The lowest BCUT2D eigenvalue weighted by Gasteiger charge is -2.22. The molecule has 0 aliphatic carbocycles. The molecule has 110 valence electrons. The van der Waals surface area contributed by atoms with Crippen molar-refractivity contribution in [3.63, 3.8) is 0 Å². The third-order valence-corrected chi connectivity index (χ3v) is 3.75. The number of halogens is 2. The fourth-order valence-electron chi connectivity index (χ4n) is 2.83. The van der Waals surface area contributed by atoms with Gasteiger partial charge in [0.2, 0.25) is 0 Å². The number of para-hydroxylation sites is 1. The van der Waals surface area contributed by atoms with E-state index in [0.29, 0.717) is 13.2 Å². The Kier molecular flexibility index (Phi) is 3.88. The third kappa shape index (κ3) is 2.51. The van der Waals surface area contributed by atoms with Gasteiger partial charge in [-0.3, -0.25) is 0 Å². The van der Waals surface area contributed by atoms with Crippen LogP contribution in [0.15, 0.2) is 36.4 Å². The van der Waals surface area contributed by atoms with Crippen LogP contribution in [-0.4, -0.2) is 13.2 Å². The minimum atomic E-state index is -0.552. The van der Waals surface area contributed by atoms with Crippen molar-refractivity contribution in [1.29, 1.82) is 0 Å². The van der Waals surface area contributed by atoms with Crippen molar-refractivity contribution in [2.24, 2.45) is 0 Å². The summed E-state index contributed by atoms with van der Waals surface area (Å²) in [6.07, 6.45) is 0.835. The van der Waals surface area contributed by atoms with Gasteiger partial charge < -0.3 is 10.1 Å². The Bertz CT molecular complexity index is 637. The summed E-state index contributed by atoms with van der Waals surface area (Å²) in [4.78, 5) is 0. The monoisotopic (exact) mass is 289 g/mol. The zero-order valence-corrected chi connectivity index (χ0v) is 11.8. The normalized spacial score (nSPS) is 14.6. The van der Waals surface area contributed by atoms with E-state index in [1.807, 2.05) is 25.1 Å². The van der Waals surface area contributed by atoms with Crippen molar-refractivity contribution in [2.45, 2.75) is 19.4 Å². The van der Waals surface area contributed by atoms with Gasteiger partial charge in [-0.05, 0) is 24.2 Å². The zero-order valence-electron chi connectivity index (χ0n) is 11.8. The Morgan fingerprint density at radius 2 is 1.86 bits per heavy atom. The van der Waals surface area contributed by atoms with Gasteiger partial charge in [-0.1, -0.05) is 31.2 Å². The lowest BCUT2D eigenvalue weighted by molar-refractivity contribution is 0.349. The van der Waals surface area contributed by atoms with Crippen molar-refractivity contribution in [1.82, 2.24) is 5.32 Å². The van der Waals surface area contributed by atoms with Gasteiger partial charge in [-0.2, -0.15) is 0 Å². The number of rotatable bonds is 4. The predicted octanol–water partition coefficient (Wildman–Crippen LogP) is 3.60. The molecule has 1 aliphatic rings. The van der Waals surface area contributed by atoms with Gasteiger partial charge >= 0.3 is 0 Å². The van der Waals surface area contributed by atoms with E-state index in [2.05, 4.69) is 5.32 Å². The Balaban J connectivity index is 2.13.